The zero-order chi connectivity index (χ0) is 17.6. The molecule has 2 heterocycles. The smallest absolute Gasteiger partial charge is 0.246 e. The molecule has 2 aromatic carbocycles. The van der Waals surface area contributed by atoms with E-state index in [0.29, 0.717) is 10.8 Å². The quantitative estimate of drug-likeness (QED) is 0.725. The fourth-order valence-corrected chi connectivity index (χ4v) is 4.47. The van der Waals surface area contributed by atoms with Crippen molar-refractivity contribution in [3.63, 3.8) is 0 Å². The molecule has 2 aliphatic heterocycles. The molecule has 0 aliphatic carbocycles. The molecule has 130 valence electrons. The van der Waals surface area contributed by atoms with E-state index in [1.165, 1.54) is 0 Å². The number of carbonyl (C=O) groups is 1. The van der Waals surface area contributed by atoms with Crippen LogP contribution in [0.25, 0.3) is 0 Å². The van der Waals surface area contributed by atoms with Crippen LogP contribution in [-0.2, 0) is 4.79 Å². The molecule has 0 spiro atoms. The molecular formula is C19H18BrClN2O2. The van der Waals surface area contributed by atoms with E-state index in [0.717, 1.165) is 35.1 Å². The Morgan fingerprint density at radius 2 is 2.08 bits per heavy atom. The number of rotatable bonds is 3. The highest BCUT2D eigenvalue weighted by atomic mass is 79.9. The molecule has 4 nitrogen and oxygen atoms in total. The predicted molar refractivity (Wildman–Crippen MR) is 102 cm³/mol. The van der Waals surface area contributed by atoms with Crippen LogP contribution in [0.2, 0.25) is 5.02 Å². The number of halogens is 2. The summed E-state index contributed by atoms with van der Waals surface area (Å²) in [6, 6.07) is 13.5. The first kappa shape index (κ1) is 16.9. The molecule has 0 aromatic heterocycles. The second kappa shape index (κ2) is 6.63. The number of methoxy groups -OCH3 is 1. The molecule has 0 saturated carbocycles. The van der Waals surface area contributed by atoms with Gasteiger partial charge in [-0.15, -0.1) is 0 Å². The van der Waals surface area contributed by atoms with E-state index >= 15 is 0 Å². The Labute approximate surface area is 160 Å². The van der Waals surface area contributed by atoms with E-state index in [-0.39, 0.29) is 18.1 Å². The highest BCUT2D eigenvalue weighted by Crippen LogP contribution is 2.46. The van der Waals surface area contributed by atoms with Gasteiger partial charge in [0.2, 0.25) is 5.91 Å². The third-order valence-corrected chi connectivity index (χ3v) is 5.65. The standard InChI is InChI=1S/C19H18BrClN2O2/c1-25-17-8-7-14(21)11-16(17)23-18(12-4-2-5-13(20)10-12)22-9-3-6-15(22)19(23)24/h2,4-5,7-8,10-11,15,18H,3,6,9H2,1H3/t15-,18+/m0/s1. The summed E-state index contributed by atoms with van der Waals surface area (Å²) in [6.07, 6.45) is 1.79. The molecule has 6 heteroatoms. The Morgan fingerprint density at radius 1 is 1.24 bits per heavy atom. The summed E-state index contributed by atoms with van der Waals surface area (Å²) in [7, 11) is 1.61. The molecule has 2 aromatic rings. The highest BCUT2D eigenvalue weighted by Gasteiger charge is 2.50. The van der Waals surface area contributed by atoms with E-state index in [4.69, 9.17) is 16.3 Å². The van der Waals surface area contributed by atoms with Gasteiger partial charge in [0.15, 0.2) is 0 Å². The first-order valence-electron chi connectivity index (χ1n) is 8.28. The highest BCUT2D eigenvalue weighted by molar-refractivity contribution is 9.10. The van der Waals surface area contributed by atoms with Crippen LogP contribution in [0.15, 0.2) is 46.9 Å². The molecular weight excluding hydrogens is 404 g/mol. The van der Waals surface area contributed by atoms with Gasteiger partial charge < -0.3 is 4.74 Å². The Kier molecular flexibility index (Phi) is 4.48. The summed E-state index contributed by atoms with van der Waals surface area (Å²) >= 11 is 9.77. The number of hydrogen-bond acceptors (Lipinski definition) is 3. The van der Waals surface area contributed by atoms with Gasteiger partial charge in [0.1, 0.15) is 11.9 Å². The van der Waals surface area contributed by atoms with Gasteiger partial charge in [-0.1, -0.05) is 39.7 Å². The summed E-state index contributed by atoms with van der Waals surface area (Å²) in [4.78, 5) is 17.3. The maximum Gasteiger partial charge on any atom is 0.246 e. The van der Waals surface area contributed by atoms with Crippen LogP contribution in [0, 0.1) is 0 Å². The number of amides is 1. The number of benzene rings is 2. The average molecular weight is 422 g/mol. The molecule has 2 saturated heterocycles. The Morgan fingerprint density at radius 3 is 2.84 bits per heavy atom. The van der Waals surface area contributed by atoms with E-state index in [1.54, 1.807) is 13.2 Å². The lowest BCUT2D eigenvalue weighted by Crippen LogP contribution is -2.32. The van der Waals surface area contributed by atoms with E-state index in [9.17, 15) is 4.79 Å². The fourth-order valence-electron chi connectivity index (χ4n) is 3.89. The average Bonchev–Trinajstić information content (AvgIpc) is 3.17. The van der Waals surface area contributed by atoms with Crippen LogP contribution in [0.1, 0.15) is 24.6 Å². The molecule has 2 fully saturated rings. The van der Waals surface area contributed by atoms with Crippen LogP contribution in [0.3, 0.4) is 0 Å². The molecule has 0 N–H and O–H groups in total. The number of ether oxygens (including phenoxy) is 1. The fraction of sp³-hybridized carbons (Fsp3) is 0.316. The van der Waals surface area contributed by atoms with Gasteiger partial charge in [-0.3, -0.25) is 14.6 Å². The number of anilines is 1. The third kappa shape index (κ3) is 2.84. The molecule has 4 rings (SSSR count). The van der Waals surface area contributed by atoms with Crippen molar-refractivity contribution < 1.29 is 9.53 Å². The zero-order valence-corrected chi connectivity index (χ0v) is 16.1. The summed E-state index contributed by atoms with van der Waals surface area (Å²) < 4.78 is 6.51. The van der Waals surface area contributed by atoms with E-state index in [2.05, 4.69) is 33.0 Å². The Balaban J connectivity index is 1.87. The van der Waals surface area contributed by atoms with Crippen LogP contribution in [0.5, 0.6) is 5.75 Å². The summed E-state index contributed by atoms with van der Waals surface area (Å²) in [5.74, 6) is 0.766. The summed E-state index contributed by atoms with van der Waals surface area (Å²) in [5.41, 5.74) is 1.80. The number of fused-ring (bicyclic) bond motifs is 1. The largest absolute Gasteiger partial charge is 0.495 e. The lowest BCUT2D eigenvalue weighted by atomic mass is 10.1. The molecule has 25 heavy (non-hydrogen) atoms. The van der Waals surface area contributed by atoms with Crippen LogP contribution < -0.4 is 9.64 Å². The molecule has 0 radical (unpaired) electrons. The minimum absolute atomic E-state index is 0.0762. The minimum atomic E-state index is -0.148. The van der Waals surface area contributed by atoms with Gasteiger partial charge in [0.05, 0.1) is 18.8 Å². The normalized spacial score (nSPS) is 23.2. The van der Waals surface area contributed by atoms with Crippen molar-refractivity contribution >= 4 is 39.1 Å². The monoisotopic (exact) mass is 420 g/mol. The van der Waals surface area contributed by atoms with Gasteiger partial charge in [0.25, 0.3) is 0 Å². The van der Waals surface area contributed by atoms with E-state index in [1.807, 2.05) is 29.2 Å². The summed E-state index contributed by atoms with van der Waals surface area (Å²) in [6.45, 7) is 0.910. The Hall–Kier alpha value is -1.56. The van der Waals surface area contributed by atoms with Gasteiger partial charge in [-0.05, 0) is 48.7 Å². The topological polar surface area (TPSA) is 32.8 Å². The Bertz CT molecular complexity index is 829. The lowest BCUT2D eigenvalue weighted by Gasteiger charge is -2.30. The van der Waals surface area contributed by atoms with Gasteiger partial charge >= 0.3 is 0 Å². The van der Waals surface area contributed by atoms with Crippen molar-refractivity contribution in [3.8, 4) is 5.75 Å². The second-order valence-electron chi connectivity index (χ2n) is 6.35. The van der Waals surface area contributed by atoms with Crippen molar-refractivity contribution in [3.05, 3.63) is 57.5 Å². The first-order chi connectivity index (χ1) is 12.1. The zero-order valence-electron chi connectivity index (χ0n) is 13.8. The van der Waals surface area contributed by atoms with Crippen molar-refractivity contribution in [2.45, 2.75) is 25.0 Å². The predicted octanol–water partition coefficient (Wildman–Crippen LogP) is 4.62. The summed E-state index contributed by atoms with van der Waals surface area (Å²) in [5, 5.41) is 0.587. The number of carbonyl (C=O) groups excluding carboxylic acids is 1. The molecule has 0 unspecified atom stereocenters. The lowest BCUT2D eigenvalue weighted by molar-refractivity contribution is -0.119. The van der Waals surface area contributed by atoms with Crippen molar-refractivity contribution in [1.29, 1.82) is 0 Å². The van der Waals surface area contributed by atoms with Gasteiger partial charge in [0, 0.05) is 16.0 Å². The van der Waals surface area contributed by atoms with E-state index < -0.39 is 0 Å². The minimum Gasteiger partial charge on any atom is -0.495 e. The van der Waals surface area contributed by atoms with Crippen molar-refractivity contribution in [2.24, 2.45) is 0 Å². The third-order valence-electron chi connectivity index (χ3n) is 4.92. The maximum absolute atomic E-state index is 13.2. The van der Waals surface area contributed by atoms with Gasteiger partial charge in [-0.2, -0.15) is 0 Å². The SMILES string of the molecule is COc1ccc(Cl)cc1N1C(=O)[C@@H]2CCCN2[C@H]1c1cccc(Br)c1. The van der Waals surface area contributed by atoms with Crippen LogP contribution in [-0.4, -0.2) is 30.5 Å². The van der Waals surface area contributed by atoms with Crippen LogP contribution >= 0.6 is 27.5 Å². The maximum atomic E-state index is 13.2. The first-order valence-corrected chi connectivity index (χ1v) is 9.45. The van der Waals surface area contributed by atoms with Crippen molar-refractivity contribution in [2.75, 3.05) is 18.6 Å². The molecule has 0 bridgehead atoms. The molecule has 2 atom stereocenters. The number of nitrogens with zero attached hydrogens (tertiary/aromatic N) is 2. The number of hydrogen-bond donors (Lipinski definition) is 0. The van der Waals surface area contributed by atoms with Crippen LogP contribution in [0.4, 0.5) is 5.69 Å². The van der Waals surface area contributed by atoms with Crippen molar-refractivity contribution in [1.82, 2.24) is 4.90 Å². The molecule has 2 aliphatic rings. The second-order valence-corrected chi connectivity index (χ2v) is 7.70. The van der Waals surface area contributed by atoms with Gasteiger partial charge in [-0.25, -0.2) is 0 Å². The molecule has 1 amide bonds.